The molecule has 0 aromatic heterocycles. The number of rotatable bonds is 6. The van der Waals surface area contributed by atoms with Crippen molar-refractivity contribution in [2.45, 2.75) is 32.4 Å². The lowest BCUT2D eigenvalue weighted by atomic mass is 10.1. The Bertz CT molecular complexity index is 333. The van der Waals surface area contributed by atoms with Gasteiger partial charge in [-0.2, -0.15) is 0 Å². The Labute approximate surface area is 100 Å². The Morgan fingerprint density at radius 3 is 2.94 bits per heavy atom. The molecule has 0 spiro atoms. The van der Waals surface area contributed by atoms with Crippen LogP contribution in [0.25, 0.3) is 0 Å². The SMILES string of the molecule is CC(CCCO)NCc1cccc(Cl)c1F. The Morgan fingerprint density at radius 1 is 1.50 bits per heavy atom. The van der Waals surface area contributed by atoms with Crippen LogP contribution in [-0.4, -0.2) is 17.8 Å². The van der Waals surface area contributed by atoms with Crippen molar-refractivity contribution in [1.29, 1.82) is 0 Å². The molecule has 90 valence electrons. The van der Waals surface area contributed by atoms with E-state index in [2.05, 4.69) is 5.32 Å². The third-order valence-electron chi connectivity index (χ3n) is 2.47. The molecule has 0 bridgehead atoms. The van der Waals surface area contributed by atoms with Crippen LogP contribution in [-0.2, 0) is 6.54 Å². The van der Waals surface area contributed by atoms with Gasteiger partial charge >= 0.3 is 0 Å². The largest absolute Gasteiger partial charge is 0.396 e. The van der Waals surface area contributed by atoms with E-state index < -0.39 is 0 Å². The van der Waals surface area contributed by atoms with Crippen molar-refractivity contribution in [3.63, 3.8) is 0 Å². The lowest BCUT2D eigenvalue weighted by molar-refractivity contribution is 0.276. The molecule has 0 radical (unpaired) electrons. The highest BCUT2D eigenvalue weighted by Gasteiger charge is 2.07. The molecule has 2 N–H and O–H groups in total. The number of halogens is 2. The first-order valence-corrected chi connectivity index (χ1v) is 5.80. The maximum absolute atomic E-state index is 13.5. The van der Waals surface area contributed by atoms with Crippen LogP contribution in [0.4, 0.5) is 4.39 Å². The van der Waals surface area contributed by atoms with Gasteiger partial charge in [0, 0.05) is 24.8 Å². The number of aliphatic hydroxyl groups is 1. The van der Waals surface area contributed by atoms with Crippen LogP contribution in [0.15, 0.2) is 18.2 Å². The predicted octanol–water partition coefficient (Wildman–Crippen LogP) is 2.73. The maximum Gasteiger partial charge on any atom is 0.146 e. The van der Waals surface area contributed by atoms with Gasteiger partial charge in [-0.3, -0.25) is 0 Å². The number of benzene rings is 1. The van der Waals surface area contributed by atoms with Gasteiger partial charge in [0.25, 0.3) is 0 Å². The van der Waals surface area contributed by atoms with Crippen LogP contribution in [0.2, 0.25) is 5.02 Å². The predicted molar refractivity (Wildman–Crippen MR) is 64.0 cm³/mol. The van der Waals surface area contributed by atoms with Crippen LogP contribution >= 0.6 is 11.6 Å². The second-order valence-electron chi connectivity index (χ2n) is 3.86. The zero-order valence-corrected chi connectivity index (χ0v) is 10.1. The second kappa shape index (κ2) is 6.84. The summed E-state index contributed by atoms with van der Waals surface area (Å²) in [4.78, 5) is 0. The summed E-state index contributed by atoms with van der Waals surface area (Å²) in [6, 6.07) is 5.24. The number of aliphatic hydroxyl groups excluding tert-OH is 1. The molecule has 1 atom stereocenters. The fourth-order valence-corrected chi connectivity index (χ4v) is 1.66. The summed E-state index contributed by atoms with van der Waals surface area (Å²) >= 11 is 5.68. The fraction of sp³-hybridized carbons (Fsp3) is 0.500. The van der Waals surface area contributed by atoms with E-state index in [0.29, 0.717) is 12.1 Å². The fourth-order valence-electron chi connectivity index (χ4n) is 1.47. The van der Waals surface area contributed by atoms with Gasteiger partial charge in [0.05, 0.1) is 5.02 Å². The topological polar surface area (TPSA) is 32.3 Å². The van der Waals surface area contributed by atoms with E-state index in [0.717, 1.165) is 12.8 Å². The number of hydrogen-bond acceptors (Lipinski definition) is 2. The van der Waals surface area contributed by atoms with E-state index in [9.17, 15) is 4.39 Å². The first-order valence-electron chi connectivity index (χ1n) is 5.42. The van der Waals surface area contributed by atoms with Crippen molar-refractivity contribution in [1.82, 2.24) is 5.32 Å². The summed E-state index contributed by atoms with van der Waals surface area (Å²) in [7, 11) is 0. The van der Waals surface area contributed by atoms with Gasteiger partial charge in [-0.05, 0) is 25.8 Å². The zero-order valence-electron chi connectivity index (χ0n) is 9.34. The van der Waals surface area contributed by atoms with Crippen LogP contribution < -0.4 is 5.32 Å². The van der Waals surface area contributed by atoms with E-state index in [1.807, 2.05) is 6.92 Å². The number of nitrogens with one attached hydrogen (secondary N) is 1. The van der Waals surface area contributed by atoms with Crippen molar-refractivity contribution in [2.24, 2.45) is 0 Å². The molecule has 0 aliphatic carbocycles. The van der Waals surface area contributed by atoms with Crippen LogP contribution in [0.3, 0.4) is 0 Å². The minimum absolute atomic E-state index is 0.155. The van der Waals surface area contributed by atoms with Crippen LogP contribution in [0.5, 0.6) is 0 Å². The summed E-state index contributed by atoms with van der Waals surface area (Å²) in [5, 5.41) is 12.0. The first kappa shape index (κ1) is 13.4. The van der Waals surface area contributed by atoms with Crippen molar-refractivity contribution in [3.05, 3.63) is 34.6 Å². The third kappa shape index (κ3) is 4.08. The minimum Gasteiger partial charge on any atom is -0.396 e. The number of hydrogen-bond donors (Lipinski definition) is 2. The van der Waals surface area contributed by atoms with Crippen molar-refractivity contribution >= 4 is 11.6 Å². The molecular weight excluding hydrogens is 229 g/mol. The summed E-state index contributed by atoms with van der Waals surface area (Å²) in [5.41, 5.74) is 0.573. The zero-order chi connectivity index (χ0) is 12.0. The summed E-state index contributed by atoms with van der Waals surface area (Å²) in [6.45, 7) is 2.66. The van der Waals surface area contributed by atoms with Gasteiger partial charge in [-0.15, -0.1) is 0 Å². The average molecular weight is 246 g/mol. The molecule has 0 saturated carbocycles. The summed E-state index contributed by atoms with van der Waals surface area (Å²) in [5.74, 6) is -0.356. The normalized spacial score (nSPS) is 12.8. The van der Waals surface area contributed by atoms with E-state index in [1.165, 1.54) is 6.07 Å². The van der Waals surface area contributed by atoms with Crippen molar-refractivity contribution < 1.29 is 9.50 Å². The van der Waals surface area contributed by atoms with Crippen LogP contribution in [0, 0.1) is 5.82 Å². The summed E-state index contributed by atoms with van der Waals surface area (Å²) in [6.07, 6.45) is 1.63. The quantitative estimate of drug-likeness (QED) is 0.808. The van der Waals surface area contributed by atoms with Crippen LogP contribution in [0.1, 0.15) is 25.3 Å². The molecule has 1 unspecified atom stereocenters. The van der Waals surface area contributed by atoms with E-state index in [-0.39, 0.29) is 23.5 Å². The van der Waals surface area contributed by atoms with Gasteiger partial charge in [-0.1, -0.05) is 23.7 Å². The molecule has 0 heterocycles. The third-order valence-corrected chi connectivity index (χ3v) is 2.76. The molecule has 0 aliphatic heterocycles. The Balaban J connectivity index is 2.45. The standard InChI is InChI=1S/C12H17ClFNO/c1-9(4-3-7-16)15-8-10-5-2-6-11(13)12(10)14/h2,5-6,9,15-16H,3-4,7-8H2,1H3. The monoisotopic (exact) mass is 245 g/mol. The molecular formula is C12H17ClFNO. The lowest BCUT2D eigenvalue weighted by Crippen LogP contribution is -2.26. The minimum atomic E-state index is -0.356. The molecule has 1 aromatic carbocycles. The highest BCUT2D eigenvalue weighted by molar-refractivity contribution is 6.30. The van der Waals surface area contributed by atoms with Crippen molar-refractivity contribution in [2.75, 3.05) is 6.61 Å². The Morgan fingerprint density at radius 2 is 2.25 bits per heavy atom. The highest BCUT2D eigenvalue weighted by Crippen LogP contribution is 2.17. The molecule has 1 aromatic rings. The smallest absolute Gasteiger partial charge is 0.146 e. The highest BCUT2D eigenvalue weighted by atomic mass is 35.5. The molecule has 0 fully saturated rings. The molecule has 4 heteroatoms. The lowest BCUT2D eigenvalue weighted by Gasteiger charge is -2.13. The van der Waals surface area contributed by atoms with E-state index >= 15 is 0 Å². The molecule has 2 nitrogen and oxygen atoms in total. The van der Waals surface area contributed by atoms with Crippen molar-refractivity contribution in [3.8, 4) is 0 Å². The Hall–Kier alpha value is -0.640. The molecule has 1 rings (SSSR count). The van der Waals surface area contributed by atoms with Gasteiger partial charge in [0.1, 0.15) is 5.82 Å². The maximum atomic E-state index is 13.5. The molecule has 16 heavy (non-hydrogen) atoms. The second-order valence-corrected chi connectivity index (χ2v) is 4.27. The molecule has 0 saturated heterocycles. The summed E-state index contributed by atoms with van der Waals surface area (Å²) < 4.78 is 13.5. The van der Waals surface area contributed by atoms with E-state index in [1.54, 1.807) is 12.1 Å². The van der Waals surface area contributed by atoms with Gasteiger partial charge in [0.15, 0.2) is 0 Å². The molecule has 0 aliphatic rings. The van der Waals surface area contributed by atoms with Gasteiger partial charge < -0.3 is 10.4 Å². The Kier molecular flexibility index (Phi) is 5.74. The van der Waals surface area contributed by atoms with Gasteiger partial charge in [-0.25, -0.2) is 4.39 Å². The van der Waals surface area contributed by atoms with E-state index in [4.69, 9.17) is 16.7 Å². The average Bonchev–Trinajstić information content (AvgIpc) is 2.28. The molecule has 0 amide bonds. The van der Waals surface area contributed by atoms with Gasteiger partial charge in [0.2, 0.25) is 0 Å². The first-order chi connectivity index (χ1) is 7.65.